The van der Waals surface area contributed by atoms with E-state index in [0.717, 1.165) is 5.69 Å². The lowest BCUT2D eigenvalue weighted by molar-refractivity contribution is 0.250. The van der Waals surface area contributed by atoms with Gasteiger partial charge in [-0.05, 0) is 25.0 Å². The van der Waals surface area contributed by atoms with Gasteiger partial charge in [0.2, 0.25) is 5.88 Å². The summed E-state index contributed by atoms with van der Waals surface area (Å²) in [6.07, 6.45) is 1.77. The third-order valence-corrected chi connectivity index (χ3v) is 4.04. The van der Waals surface area contributed by atoms with E-state index in [9.17, 15) is 4.79 Å². The van der Waals surface area contributed by atoms with E-state index in [1.807, 2.05) is 24.7 Å². The lowest BCUT2D eigenvalue weighted by Gasteiger charge is -2.22. The summed E-state index contributed by atoms with van der Waals surface area (Å²) < 4.78 is 6.91. The summed E-state index contributed by atoms with van der Waals surface area (Å²) in [5.74, 6) is 1.10. The van der Waals surface area contributed by atoms with E-state index in [4.69, 9.17) is 4.74 Å². The Bertz CT molecular complexity index is 696. The third-order valence-electron chi connectivity index (χ3n) is 4.04. The molecule has 2 aromatic heterocycles. The maximum atomic E-state index is 12.2. The summed E-state index contributed by atoms with van der Waals surface area (Å²) in [4.78, 5) is 16.4. The molecule has 1 atom stereocenters. The summed E-state index contributed by atoms with van der Waals surface area (Å²) in [5.41, 5.74) is 2.47. The van der Waals surface area contributed by atoms with Crippen LogP contribution in [0.5, 0.6) is 5.88 Å². The molecule has 0 aliphatic rings. The second-order valence-electron chi connectivity index (χ2n) is 6.05. The van der Waals surface area contributed by atoms with Gasteiger partial charge in [0, 0.05) is 37.5 Å². The number of hydrogen-bond donors (Lipinski definition) is 2. The molecule has 24 heavy (non-hydrogen) atoms. The molecule has 0 aliphatic heterocycles. The van der Waals surface area contributed by atoms with Crippen molar-refractivity contribution in [2.75, 3.05) is 19.0 Å². The molecular formula is C17H25N5O2. The largest absolute Gasteiger partial charge is 0.481 e. The van der Waals surface area contributed by atoms with Crippen molar-refractivity contribution in [3.8, 4) is 5.88 Å². The first-order valence-corrected chi connectivity index (χ1v) is 7.96. The van der Waals surface area contributed by atoms with E-state index in [2.05, 4.69) is 34.6 Å². The lowest BCUT2D eigenvalue weighted by Crippen LogP contribution is -2.34. The first-order chi connectivity index (χ1) is 11.4. The second-order valence-corrected chi connectivity index (χ2v) is 6.05. The van der Waals surface area contributed by atoms with E-state index in [-0.39, 0.29) is 11.9 Å². The lowest BCUT2D eigenvalue weighted by atomic mass is 9.92. The summed E-state index contributed by atoms with van der Waals surface area (Å²) in [7, 11) is 3.48. The van der Waals surface area contributed by atoms with E-state index in [1.54, 1.807) is 25.4 Å². The van der Waals surface area contributed by atoms with Crippen LogP contribution in [0.2, 0.25) is 0 Å². The predicted octanol–water partition coefficient (Wildman–Crippen LogP) is 2.69. The Hall–Kier alpha value is -2.57. The fourth-order valence-corrected chi connectivity index (χ4v) is 2.58. The number of nitrogens with one attached hydrogen (secondary N) is 2. The van der Waals surface area contributed by atoms with Crippen molar-refractivity contribution < 1.29 is 9.53 Å². The number of hydrogen-bond acceptors (Lipinski definition) is 4. The first-order valence-electron chi connectivity index (χ1n) is 7.96. The number of urea groups is 1. The minimum absolute atomic E-state index is 0.193. The van der Waals surface area contributed by atoms with Crippen molar-refractivity contribution in [1.82, 2.24) is 20.1 Å². The highest BCUT2D eigenvalue weighted by atomic mass is 16.5. The van der Waals surface area contributed by atoms with Crippen LogP contribution in [0.3, 0.4) is 0 Å². The number of methoxy groups -OCH3 is 1. The predicted molar refractivity (Wildman–Crippen MR) is 93.3 cm³/mol. The van der Waals surface area contributed by atoms with Gasteiger partial charge < -0.3 is 15.4 Å². The van der Waals surface area contributed by atoms with Crippen LogP contribution in [0.4, 0.5) is 10.5 Å². The van der Waals surface area contributed by atoms with Crippen molar-refractivity contribution in [3.05, 3.63) is 35.8 Å². The van der Waals surface area contributed by atoms with Crippen LogP contribution in [0.15, 0.2) is 24.4 Å². The van der Waals surface area contributed by atoms with Crippen molar-refractivity contribution in [2.24, 2.45) is 13.0 Å². The van der Waals surface area contributed by atoms with Gasteiger partial charge in [0.1, 0.15) is 0 Å². The molecule has 2 heterocycles. The highest BCUT2D eigenvalue weighted by Gasteiger charge is 2.20. The van der Waals surface area contributed by atoms with E-state index in [0.29, 0.717) is 29.7 Å². The first kappa shape index (κ1) is 17.8. The number of aryl methyl sites for hydroxylation is 2. The van der Waals surface area contributed by atoms with Crippen molar-refractivity contribution in [3.63, 3.8) is 0 Å². The number of aromatic nitrogens is 3. The number of amides is 2. The maximum Gasteiger partial charge on any atom is 0.319 e. The normalized spacial score (nSPS) is 12.1. The van der Waals surface area contributed by atoms with Gasteiger partial charge in [-0.1, -0.05) is 13.8 Å². The molecular weight excluding hydrogens is 306 g/mol. The number of anilines is 1. The smallest absolute Gasteiger partial charge is 0.319 e. The zero-order chi connectivity index (χ0) is 17.7. The van der Waals surface area contributed by atoms with Gasteiger partial charge in [0.05, 0.1) is 18.5 Å². The number of ether oxygens (including phenoxy) is 1. The van der Waals surface area contributed by atoms with Gasteiger partial charge in [0.25, 0.3) is 0 Å². The molecule has 2 amide bonds. The SMILES string of the molecule is COc1ccc(NC(=O)NC[C@H](c2ccnn2C)C(C)C)c(C)n1. The quantitative estimate of drug-likeness (QED) is 0.853. The Labute approximate surface area is 142 Å². The Balaban J connectivity index is 1.98. The van der Waals surface area contributed by atoms with Crippen LogP contribution in [0.25, 0.3) is 0 Å². The highest BCUT2D eigenvalue weighted by molar-refractivity contribution is 5.89. The van der Waals surface area contributed by atoms with E-state index in [1.165, 1.54) is 0 Å². The molecule has 0 bridgehead atoms. The van der Waals surface area contributed by atoms with E-state index < -0.39 is 0 Å². The van der Waals surface area contributed by atoms with Gasteiger partial charge in [-0.3, -0.25) is 4.68 Å². The maximum absolute atomic E-state index is 12.2. The fourth-order valence-electron chi connectivity index (χ4n) is 2.58. The molecule has 0 aliphatic carbocycles. The average molecular weight is 331 g/mol. The van der Waals surface area contributed by atoms with Crippen LogP contribution >= 0.6 is 0 Å². The standard InChI is InChI=1S/C17H25N5O2/c1-11(2)13(15-8-9-19-22(15)4)10-18-17(23)21-14-6-7-16(24-5)20-12(14)3/h6-9,11,13H,10H2,1-5H3,(H2,18,21,23)/t13-/m0/s1. The zero-order valence-corrected chi connectivity index (χ0v) is 14.8. The summed E-state index contributed by atoms with van der Waals surface area (Å²) in [6, 6.07) is 5.23. The van der Waals surface area contributed by atoms with Gasteiger partial charge in [-0.25, -0.2) is 9.78 Å². The number of carbonyl (C=O) groups excluding carboxylic acids is 1. The Morgan fingerprint density at radius 2 is 2.08 bits per heavy atom. The Morgan fingerprint density at radius 3 is 2.62 bits per heavy atom. The van der Waals surface area contributed by atoms with E-state index >= 15 is 0 Å². The molecule has 130 valence electrons. The van der Waals surface area contributed by atoms with Gasteiger partial charge in [-0.15, -0.1) is 0 Å². The summed E-state index contributed by atoms with van der Waals surface area (Å²) >= 11 is 0. The number of nitrogens with zero attached hydrogens (tertiary/aromatic N) is 3. The molecule has 2 aromatic rings. The van der Waals surface area contributed by atoms with Crippen LogP contribution < -0.4 is 15.4 Å². The topological polar surface area (TPSA) is 81.1 Å². The monoisotopic (exact) mass is 331 g/mol. The minimum Gasteiger partial charge on any atom is -0.481 e. The van der Waals surface area contributed by atoms with Crippen LogP contribution in [0, 0.1) is 12.8 Å². The van der Waals surface area contributed by atoms with Gasteiger partial charge in [0.15, 0.2) is 0 Å². The summed E-state index contributed by atoms with van der Waals surface area (Å²) in [5, 5.41) is 9.97. The fraction of sp³-hybridized carbons (Fsp3) is 0.471. The second kappa shape index (κ2) is 7.81. The molecule has 2 N–H and O–H groups in total. The molecule has 0 fully saturated rings. The van der Waals surface area contributed by atoms with Crippen molar-refractivity contribution >= 4 is 11.7 Å². The van der Waals surface area contributed by atoms with Crippen molar-refractivity contribution in [1.29, 1.82) is 0 Å². The molecule has 0 aromatic carbocycles. The van der Waals surface area contributed by atoms with Crippen LogP contribution in [-0.2, 0) is 7.05 Å². The van der Waals surface area contributed by atoms with Gasteiger partial charge >= 0.3 is 6.03 Å². The molecule has 0 radical (unpaired) electrons. The van der Waals surface area contributed by atoms with Gasteiger partial charge in [-0.2, -0.15) is 5.10 Å². The highest BCUT2D eigenvalue weighted by Crippen LogP contribution is 2.23. The van der Waals surface area contributed by atoms with Crippen LogP contribution in [0.1, 0.15) is 31.2 Å². The minimum atomic E-state index is -0.252. The zero-order valence-electron chi connectivity index (χ0n) is 14.8. The van der Waals surface area contributed by atoms with Crippen LogP contribution in [-0.4, -0.2) is 34.5 Å². The molecule has 0 spiro atoms. The number of pyridine rings is 1. The van der Waals surface area contributed by atoms with Crippen molar-refractivity contribution in [2.45, 2.75) is 26.7 Å². The third kappa shape index (κ3) is 4.24. The Morgan fingerprint density at radius 1 is 1.33 bits per heavy atom. The number of rotatable bonds is 6. The summed E-state index contributed by atoms with van der Waals surface area (Å²) in [6.45, 7) is 6.62. The average Bonchev–Trinajstić information content (AvgIpc) is 2.95. The Kier molecular flexibility index (Phi) is 5.78. The molecule has 0 unspecified atom stereocenters. The number of carbonyl (C=O) groups is 1. The molecule has 7 heteroatoms. The molecule has 7 nitrogen and oxygen atoms in total. The molecule has 2 rings (SSSR count). The molecule has 0 saturated heterocycles. The molecule has 0 saturated carbocycles.